The fourth-order valence-corrected chi connectivity index (χ4v) is 2.38. The molecule has 1 fully saturated rings. The van der Waals surface area contributed by atoms with E-state index in [9.17, 15) is 4.79 Å². The lowest BCUT2D eigenvalue weighted by atomic mass is 9.87. The molecule has 2 aliphatic heterocycles. The lowest BCUT2D eigenvalue weighted by molar-refractivity contribution is -0.123. The first-order valence-corrected chi connectivity index (χ1v) is 5.91. The third kappa shape index (κ3) is 1.75. The van der Waals surface area contributed by atoms with E-state index < -0.39 is 5.54 Å². The maximum absolute atomic E-state index is 12.1. The molecule has 0 atom stereocenters. The monoisotopic (exact) mass is 253 g/mol. The minimum absolute atomic E-state index is 0.0163. The molecule has 2 aliphatic rings. The predicted octanol–water partition coefficient (Wildman–Crippen LogP) is 1.65. The van der Waals surface area contributed by atoms with Crippen molar-refractivity contribution in [2.24, 2.45) is 0 Å². The van der Waals surface area contributed by atoms with Crippen LogP contribution >= 0.6 is 11.6 Å². The first kappa shape index (κ1) is 10.8. The predicted molar refractivity (Wildman–Crippen MR) is 64.3 cm³/mol. The highest BCUT2D eigenvalue weighted by atomic mass is 35.5. The molecule has 1 aromatic heterocycles. The van der Waals surface area contributed by atoms with E-state index >= 15 is 0 Å². The number of ether oxygens (including phenoxy) is 1. The van der Waals surface area contributed by atoms with Gasteiger partial charge in [0.1, 0.15) is 10.7 Å². The van der Waals surface area contributed by atoms with Crippen molar-refractivity contribution in [2.75, 3.05) is 23.8 Å². The number of hydrogen-bond donors (Lipinski definition) is 2. The topological polar surface area (TPSA) is 63.2 Å². The SMILES string of the molecule is O=C1Nc2ccc(Cl)nc2NC12CCOCC2. The van der Waals surface area contributed by atoms with Gasteiger partial charge in [-0.05, 0) is 12.1 Å². The Balaban J connectivity index is 1.98. The second-order valence-electron chi connectivity index (χ2n) is 4.30. The Kier molecular flexibility index (Phi) is 2.45. The number of fused-ring (bicyclic) bond motifs is 1. The molecule has 1 saturated heterocycles. The van der Waals surface area contributed by atoms with E-state index in [1.165, 1.54) is 0 Å². The maximum atomic E-state index is 12.1. The van der Waals surface area contributed by atoms with Gasteiger partial charge in [0.05, 0.1) is 5.69 Å². The van der Waals surface area contributed by atoms with Gasteiger partial charge in [0, 0.05) is 26.1 Å². The molecule has 6 heteroatoms. The lowest BCUT2D eigenvalue weighted by Crippen LogP contribution is -2.55. The molecule has 0 aliphatic carbocycles. The van der Waals surface area contributed by atoms with Crippen molar-refractivity contribution in [1.82, 2.24) is 4.98 Å². The summed E-state index contributed by atoms with van der Waals surface area (Å²) >= 11 is 5.85. The summed E-state index contributed by atoms with van der Waals surface area (Å²) < 4.78 is 5.29. The standard InChI is InChI=1S/C11H12ClN3O2/c12-8-2-1-7-9(14-8)15-11(10(16)13-7)3-5-17-6-4-11/h1-2H,3-6H2,(H,13,16)(H,14,15). The Morgan fingerprint density at radius 3 is 2.88 bits per heavy atom. The number of aromatic nitrogens is 1. The van der Waals surface area contributed by atoms with E-state index in [0.29, 0.717) is 42.7 Å². The number of nitrogens with one attached hydrogen (secondary N) is 2. The minimum atomic E-state index is -0.594. The van der Waals surface area contributed by atoms with Gasteiger partial charge in [-0.25, -0.2) is 4.98 Å². The summed E-state index contributed by atoms with van der Waals surface area (Å²) in [6, 6.07) is 3.41. The highest BCUT2D eigenvalue weighted by Crippen LogP contribution is 2.35. The molecule has 90 valence electrons. The zero-order valence-electron chi connectivity index (χ0n) is 9.12. The van der Waals surface area contributed by atoms with Gasteiger partial charge < -0.3 is 15.4 Å². The van der Waals surface area contributed by atoms with Gasteiger partial charge in [0.25, 0.3) is 0 Å². The van der Waals surface area contributed by atoms with Crippen molar-refractivity contribution in [3.05, 3.63) is 17.3 Å². The number of pyridine rings is 1. The third-order valence-electron chi connectivity index (χ3n) is 3.25. The van der Waals surface area contributed by atoms with Crippen LogP contribution in [0.25, 0.3) is 0 Å². The molecule has 3 heterocycles. The Bertz CT molecular complexity index is 472. The molecule has 1 spiro atoms. The largest absolute Gasteiger partial charge is 0.381 e. The van der Waals surface area contributed by atoms with Crippen LogP contribution < -0.4 is 10.6 Å². The Labute approximate surface area is 104 Å². The molecular weight excluding hydrogens is 242 g/mol. The molecule has 1 amide bonds. The fraction of sp³-hybridized carbons (Fsp3) is 0.455. The molecule has 0 saturated carbocycles. The Morgan fingerprint density at radius 1 is 1.35 bits per heavy atom. The number of amides is 1. The van der Waals surface area contributed by atoms with Crippen molar-refractivity contribution in [3.63, 3.8) is 0 Å². The summed E-state index contributed by atoms with van der Waals surface area (Å²) in [5.41, 5.74) is 0.0830. The average Bonchev–Trinajstić information content (AvgIpc) is 2.32. The highest BCUT2D eigenvalue weighted by molar-refractivity contribution is 6.29. The van der Waals surface area contributed by atoms with Crippen molar-refractivity contribution < 1.29 is 9.53 Å². The second kappa shape index (κ2) is 3.85. The molecule has 0 aromatic carbocycles. The van der Waals surface area contributed by atoms with Crippen LogP contribution in [0.15, 0.2) is 12.1 Å². The molecule has 5 nitrogen and oxygen atoms in total. The number of hydrogen-bond acceptors (Lipinski definition) is 4. The van der Waals surface area contributed by atoms with Crippen molar-refractivity contribution in [1.29, 1.82) is 0 Å². The molecule has 17 heavy (non-hydrogen) atoms. The number of rotatable bonds is 0. The van der Waals surface area contributed by atoms with Crippen molar-refractivity contribution >= 4 is 29.0 Å². The van der Waals surface area contributed by atoms with Crippen molar-refractivity contribution in [2.45, 2.75) is 18.4 Å². The average molecular weight is 254 g/mol. The normalized spacial score (nSPS) is 21.6. The number of halogens is 1. The first-order valence-electron chi connectivity index (χ1n) is 5.54. The molecule has 1 aromatic rings. The Hall–Kier alpha value is -1.33. The molecule has 2 N–H and O–H groups in total. The Morgan fingerprint density at radius 2 is 2.12 bits per heavy atom. The molecule has 0 radical (unpaired) electrons. The summed E-state index contributed by atoms with van der Waals surface area (Å²) in [4.78, 5) is 16.3. The highest BCUT2D eigenvalue weighted by Gasteiger charge is 2.43. The van der Waals surface area contributed by atoms with E-state index in [2.05, 4.69) is 15.6 Å². The van der Waals surface area contributed by atoms with Gasteiger partial charge in [0.15, 0.2) is 5.82 Å². The first-order chi connectivity index (χ1) is 8.20. The molecular formula is C11H12ClN3O2. The smallest absolute Gasteiger partial charge is 0.250 e. The van der Waals surface area contributed by atoms with E-state index in [-0.39, 0.29) is 5.91 Å². The number of carbonyl (C=O) groups excluding carboxylic acids is 1. The molecule has 3 rings (SSSR count). The summed E-state index contributed by atoms with van der Waals surface area (Å²) in [7, 11) is 0. The third-order valence-corrected chi connectivity index (χ3v) is 3.46. The van der Waals surface area contributed by atoms with E-state index in [1.807, 2.05) is 0 Å². The van der Waals surface area contributed by atoms with E-state index in [0.717, 1.165) is 0 Å². The second-order valence-corrected chi connectivity index (χ2v) is 4.69. The summed E-state index contributed by atoms with van der Waals surface area (Å²) in [6.45, 7) is 1.16. The number of carbonyl (C=O) groups is 1. The zero-order valence-corrected chi connectivity index (χ0v) is 9.88. The molecule has 0 unspecified atom stereocenters. The van der Waals surface area contributed by atoms with Gasteiger partial charge in [0.2, 0.25) is 5.91 Å². The van der Waals surface area contributed by atoms with Crippen molar-refractivity contribution in [3.8, 4) is 0 Å². The number of anilines is 2. The van der Waals surface area contributed by atoms with Gasteiger partial charge >= 0.3 is 0 Å². The fourth-order valence-electron chi connectivity index (χ4n) is 2.23. The minimum Gasteiger partial charge on any atom is -0.381 e. The van der Waals surface area contributed by atoms with Crippen LogP contribution in [0.2, 0.25) is 5.15 Å². The van der Waals surface area contributed by atoms with Crippen LogP contribution in [-0.4, -0.2) is 29.6 Å². The van der Waals surface area contributed by atoms with Crippen LogP contribution in [0, 0.1) is 0 Å². The van der Waals surface area contributed by atoms with Gasteiger partial charge in [-0.3, -0.25) is 4.79 Å². The summed E-state index contributed by atoms with van der Waals surface area (Å²) in [5.74, 6) is 0.622. The maximum Gasteiger partial charge on any atom is 0.250 e. The van der Waals surface area contributed by atoms with Gasteiger partial charge in [-0.1, -0.05) is 11.6 Å². The van der Waals surface area contributed by atoms with Crippen LogP contribution in [0.1, 0.15) is 12.8 Å². The van der Waals surface area contributed by atoms with Gasteiger partial charge in [-0.2, -0.15) is 0 Å². The van der Waals surface area contributed by atoms with E-state index in [4.69, 9.17) is 16.3 Å². The van der Waals surface area contributed by atoms with E-state index in [1.54, 1.807) is 12.1 Å². The quantitative estimate of drug-likeness (QED) is 0.690. The van der Waals surface area contributed by atoms with Gasteiger partial charge in [-0.15, -0.1) is 0 Å². The summed E-state index contributed by atoms with van der Waals surface area (Å²) in [5, 5.41) is 6.50. The van der Waals surface area contributed by atoms with Crippen LogP contribution in [-0.2, 0) is 9.53 Å². The lowest BCUT2D eigenvalue weighted by Gasteiger charge is -2.40. The van der Waals surface area contributed by atoms with Crippen LogP contribution in [0.4, 0.5) is 11.5 Å². The zero-order chi connectivity index (χ0) is 11.9. The van der Waals surface area contributed by atoms with Crippen LogP contribution in [0.3, 0.4) is 0 Å². The summed E-state index contributed by atoms with van der Waals surface area (Å²) in [6.07, 6.45) is 1.29. The molecule has 0 bridgehead atoms. The van der Waals surface area contributed by atoms with Crippen LogP contribution in [0.5, 0.6) is 0 Å². The number of nitrogens with zero attached hydrogens (tertiary/aromatic N) is 1.